The lowest BCUT2D eigenvalue weighted by atomic mass is 10.2. The fraction of sp³-hybridized carbons (Fsp3) is 0.455. The summed E-state index contributed by atoms with van der Waals surface area (Å²) in [5, 5.41) is 0. The maximum absolute atomic E-state index is 11.7. The van der Waals surface area contributed by atoms with Crippen molar-refractivity contribution in [3.63, 3.8) is 0 Å². The van der Waals surface area contributed by atoms with E-state index >= 15 is 0 Å². The molecule has 0 fully saturated rings. The molecule has 0 aliphatic rings. The summed E-state index contributed by atoms with van der Waals surface area (Å²) in [5.41, 5.74) is 6.93. The van der Waals surface area contributed by atoms with Crippen molar-refractivity contribution >= 4 is 15.8 Å². The molecular formula is C11H17NO3S. The van der Waals surface area contributed by atoms with Crippen LogP contribution in [0.25, 0.3) is 0 Å². The average molecular weight is 243 g/mol. The average Bonchev–Trinajstić information content (AvgIpc) is 2.22. The van der Waals surface area contributed by atoms with Gasteiger partial charge >= 0.3 is 0 Å². The fourth-order valence-electron chi connectivity index (χ4n) is 1.18. The number of anilines is 1. The van der Waals surface area contributed by atoms with Gasteiger partial charge in [-0.25, -0.2) is 0 Å². The number of rotatable bonds is 5. The highest BCUT2D eigenvalue weighted by molar-refractivity contribution is 7.86. The van der Waals surface area contributed by atoms with Crippen LogP contribution in [0.4, 0.5) is 5.69 Å². The summed E-state index contributed by atoms with van der Waals surface area (Å²) in [4.78, 5) is 0.162. The lowest BCUT2D eigenvalue weighted by Crippen LogP contribution is -2.08. The minimum atomic E-state index is -3.63. The Morgan fingerprint density at radius 1 is 1.38 bits per heavy atom. The summed E-state index contributed by atoms with van der Waals surface area (Å²) >= 11 is 0. The topological polar surface area (TPSA) is 69.4 Å². The molecule has 0 amide bonds. The zero-order valence-electron chi connectivity index (χ0n) is 9.56. The lowest BCUT2D eigenvalue weighted by molar-refractivity contribution is 0.311. The van der Waals surface area contributed by atoms with Crippen molar-refractivity contribution < 1.29 is 12.6 Å². The first-order valence-corrected chi connectivity index (χ1v) is 6.63. The molecule has 0 bridgehead atoms. The van der Waals surface area contributed by atoms with Gasteiger partial charge in [0.15, 0.2) is 0 Å². The summed E-state index contributed by atoms with van der Waals surface area (Å²) in [5.74, 6) is 0. The van der Waals surface area contributed by atoms with E-state index in [9.17, 15) is 8.42 Å². The van der Waals surface area contributed by atoms with E-state index in [-0.39, 0.29) is 11.5 Å². The highest BCUT2D eigenvalue weighted by Crippen LogP contribution is 2.18. The molecule has 0 unspecified atom stereocenters. The van der Waals surface area contributed by atoms with Gasteiger partial charge < -0.3 is 5.73 Å². The van der Waals surface area contributed by atoms with Crippen molar-refractivity contribution in [2.45, 2.75) is 31.6 Å². The van der Waals surface area contributed by atoms with E-state index in [0.717, 1.165) is 18.4 Å². The van der Waals surface area contributed by atoms with Gasteiger partial charge in [0.05, 0.1) is 11.5 Å². The monoisotopic (exact) mass is 243 g/mol. The van der Waals surface area contributed by atoms with E-state index in [1.807, 2.05) is 6.92 Å². The van der Waals surface area contributed by atoms with Gasteiger partial charge in [0.25, 0.3) is 10.1 Å². The number of nitrogens with two attached hydrogens (primary N) is 1. The van der Waals surface area contributed by atoms with Crippen molar-refractivity contribution in [2.24, 2.45) is 0 Å². The molecule has 5 heteroatoms. The third-order valence-corrected chi connectivity index (χ3v) is 3.57. The molecule has 0 aliphatic heterocycles. The SMILES string of the molecule is CCCCOS(=O)(=O)c1ccc(N)c(C)c1. The second-order valence-corrected chi connectivity index (χ2v) is 5.26. The highest BCUT2D eigenvalue weighted by atomic mass is 32.2. The highest BCUT2D eigenvalue weighted by Gasteiger charge is 2.15. The van der Waals surface area contributed by atoms with E-state index in [0.29, 0.717) is 5.69 Å². The Balaban J connectivity index is 2.86. The first kappa shape index (κ1) is 13.0. The van der Waals surface area contributed by atoms with Gasteiger partial charge in [0.1, 0.15) is 0 Å². The predicted octanol–water partition coefficient (Wildman–Crippen LogP) is 2.08. The summed E-state index contributed by atoms with van der Waals surface area (Å²) in [6, 6.07) is 4.56. The molecule has 4 nitrogen and oxygen atoms in total. The summed E-state index contributed by atoms with van der Waals surface area (Å²) in [7, 11) is -3.63. The largest absolute Gasteiger partial charge is 0.399 e. The number of aryl methyl sites for hydroxylation is 1. The van der Waals surface area contributed by atoms with E-state index < -0.39 is 10.1 Å². The zero-order chi connectivity index (χ0) is 12.2. The molecule has 90 valence electrons. The minimum Gasteiger partial charge on any atom is -0.399 e. The fourth-order valence-corrected chi connectivity index (χ4v) is 2.21. The third kappa shape index (κ3) is 3.21. The van der Waals surface area contributed by atoms with Crippen LogP contribution in [0.3, 0.4) is 0 Å². The van der Waals surface area contributed by atoms with Gasteiger partial charge in [0.2, 0.25) is 0 Å². The first-order chi connectivity index (χ1) is 7.47. The van der Waals surface area contributed by atoms with Crippen LogP contribution in [-0.4, -0.2) is 15.0 Å². The molecular weight excluding hydrogens is 226 g/mol. The molecule has 0 atom stereocenters. The second kappa shape index (κ2) is 5.32. The van der Waals surface area contributed by atoms with Gasteiger partial charge in [-0.2, -0.15) is 8.42 Å². The van der Waals surface area contributed by atoms with Crippen molar-refractivity contribution in [1.29, 1.82) is 0 Å². The molecule has 0 aromatic heterocycles. The maximum atomic E-state index is 11.7. The molecule has 1 aromatic carbocycles. The van der Waals surface area contributed by atoms with Gasteiger partial charge in [-0.15, -0.1) is 0 Å². The summed E-state index contributed by atoms with van der Waals surface area (Å²) in [6.07, 6.45) is 1.63. The van der Waals surface area contributed by atoms with Crippen molar-refractivity contribution in [2.75, 3.05) is 12.3 Å². The molecule has 0 saturated heterocycles. The number of hydrogen-bond acceptors (Lipinski definition) is 4. The van der Waals surface area contributed by atoms with Crippen LogP contribution < -0.4 is 5.73 Å². The third-order valence-electron chi connectivity index (χ3n) is 2.27. The van der Waals surface area contributed by atoms with Crippen LogP contribution in [-0.2, 0) is 14.3 Å². The zero-order valence-corrected chi connectivity index (χ0v) is 10.4. The van der Waals surface area contributed by atoms with Gasteiger partial charge in [-0.1, -0.05) is 13.3 Å². The van der Waals surface area contributed by atoms with E-state index in [2.05, 4.69) is 0 Å². The standard InChI is InChI=1S/C11H17NO3S/c1-3-4-7-15-16(13,14)10-5-6-11(12)9(2)8-10/h5-6,8H,3-4,7,12H2,1-2H3. The molecule has 0 radical (unpaired) electrons. The quantitative estimate of drug-likeness (QED) is 0.488. The maximum Gasteiger partial charge on any atom is 0.296 e. The summed E-state index contributed by atoms with van der Waals surface area (Å²) in [6.45, 7) is 3.96. The number of unbranched alkanes of at least 4 members (excludes halogenated alkanes) is 1. The number of benzene rings is 1. The molecule has 2 N–H and O–H groups in total. The number of nitrogen functional groups attached to an aromatic ring is 1. The molecule has 0 aliphatic carbocycles. The second-order valence-electron chi connectivity index (χ2n) is 3.65. The molecule has 1 aromatic rings. The Bertz CT molecular complexity index is 454. The Kier molecular flexibility index (Phi) is 4.32. The van der Waals surface area contributed by atoms with Crippen molar-refractivity contribution in [1.82, 2.24) is 0 Å². The normalized spacial score (nSPS) is 11.6. The molecule has 0 saturated carbocycles. The van der Waals surface area contributed by atoms with Crippen LogP contribution in [0.1, 0.15) is 25.3 Å². The number of hydrogen-bond donors (Lipinski definition) is 1. The summed E-state index contributed by atoms with van der Waals surface area (Å²) < 4.78 is 28.3. The minimum absolute atomic E-state index is 0.162. The van der Waals surface area contributed by atoms with Gasteiger partial charge in [-0.05, 0) is 37.1 Å². The molecule has 16 heavy (non-hydrogen) atoms. The van der Waals surface area contributed by atoms with Gasteiger partial charge in [-0.3, -0.25) is 4.18 Å². The predicted molar refractivity (Wildman–Crippen MR) is 63.6 cm³/mol. The Morgan fingerprint density at radius 2 is 2.06 bits per heavy atom. The molecule has 0 heterocycles. The van der Waals surface area contributed by atoms with Crippen LogP contribution in [0.5, 0.6) is 0 Å². The van der Waals surface area contributed by atoms with Crippen LogP contribution in [0.15, 0.2) is 23.1 Å². The lowest BCUT2D eigenvalue weighted by Gasteiger charge is -2.07. The first-order valence-electron chi connectivity index (χ1n) is 5.23. The van der Waals surface area contributed by atoms with E-state index in [1.165, 1.54) is 12.1 Å². The van der Waals surface area contributed by atoms with Gasteiger partial charge in [0, 0.05) is 5.69 Å². The Morgan fingerprint density at radius 3 is 2.62 bits per heavy atom. The van der Waals surface area contributed by atoms with Crippen LogP contribution >= 0.6 is 0 Å². The van der Waals surface area contributed by atoms with Crippen LogP contribution in [0, 0.1) is 6.92 Å². The molecule has 1 rings (SSSR count). The van der Waals surface area contributed by atoms with Crippen molar-refractivity contribution in [3.05, 3.63) is 23.8 Å². The smallest absolute Gasteiger partial charge is 0.296 e. The Labute approximate surface area is 96.5 Å². The van der Waals surface area contributed by atoms with Crippen molar-refractivity contribution in [3.8, 4) is 0 Å². The van der Waals surface area contributed by atoms with E-state index in [4.69, 9.17) is 9.92 Å². The molecule has 0 spiro atoms. The van der Waals surface area contributed by atoms with Crippen LogP contribution in [0.2, 0.25) is 0 Å². The van der Waals surface area contributed by atoms with E-state index in [1.54, 1.807) is 13.0 Å². The Hall–Kier alpha value is -1.07.